The molecule has 0 spiro atoms. The van der Waals surface area contributed by atoms with Crippen LogP contribution in [0.5, 0.6) is 5.75 Å². The summed E-state index contributed by atoms with van der Waals surface area (Å²) in [5, 5.41) is 9.78. The Hall–Kier alpha value is -2.24. The smallest absolute Gasteiger partial charge is 0.410 e. The molecule has 1 N–H and O–H groups in total. The van der Waals surface area contributed by atoms with Crippen molar-refractivity contribution in [2.75, 3.05) is 19.6 Å². The van der Waals surface area contributed by atoms with E-state index in [0.29, 0.717) is 30.8 Å². The highest BCUT2D eigenvalue weighted by atomic mass is 16.6. The maximum atomic E-state index is 12.7. The summed E-state index contributed by atoms with van der Waals surface area (Å²) in [4.78, 5) is 28.3. The zero-order chi connectivity index (χ0) is 18.1. The van der Waals surface area contributed by atoms with E-state index in [1.54, 1.807) is 34.9 Å². The highest BCUT2D eigenvalue weighted by Crippen LogP contribution is 2.23. The molecule has 0 saturated carbocycles. The van der Waals surface area contributed by atoms with Crippen molar-refractivity contribution in [2.45, 2.75) is 46.3 Å². The molecule has 1 aromatic rings. The highest BCUT2D eigenvalue weighted by Gasteiger charge is 2.33. The number of ether oxygens (including phenoxy) is 1. The summed E-state index contributed by atoms with van der Waals surface area (Å²) >= 11 is 0. The van der Waals surface area contributed by atoms with Crippen molar-refractivity contribution in [3.8, 4) is 5.75 Å². The lowest BCUT2D eigenvalue weighted by molar-refractivity contribution is 0.00197. The van der Waals surface area contributed by atoms with Gasteiger partial charge >= 0.3 is 6.09 Å². The van der Waals surface area contributed by atoms with Gasteiger partial charge in [-0.15, -0.1) is 0 Å². The molecule has 1 heterocycles. The SMILES string of the molecule is Cc1c(O)cccc1C(=O)N1CCN(C(=O)OC(C)(C)C)[C@@H](C)C1. The number of benzene rings is 1. The van der Waals surface area contributed by atoms with Gasteiger partial charge in [-0.2, -0.15) is 0 Å². The summed E-state index contributed by atoms with van der Waals surface area (Å²) < 4.78 is 5.41. The molecule has 0 unspecified atom stereocenters. The molecular weight excluding hydrogens is 308 g/mol. The molecule has 0 aromatic heterocycles. The lowest BCUT2D eigenvalue weighted by Gasteiger charge is -2.40. The Morgan fingerprint density at radius 1 is 1.25 bits per heavy atom. The van der Waals surface area contributed by atoms with Gasteiger partial charge in [0.15, 0.2) is 0 Å². The fourth-order valence-electron chi connectivity index (χ4n) is 2.76. The molecule has 6 nitrogen and oxygen atoms in total. The Balaban J connectivity index is 2.06. The monoisotopic (exact) mass is 334 g/mol. The molecule has 1 aliphatic rings. The van der Waals surface area contributed by atoms with Crippen LogP contribution in [0.1, 0.15) is 43.6 Å². The van der Waals surface area contributed by atoms with Crippen molar-refractivity contribution in [3.63, 3.8) is 0 Å². The molecule has 24 heavy (non-hydrogen) atoms. The summed E-state index contributed by atoms with van der Waals surface area (Å²) in [6.45, 7) is 10.4. The number of rotatable bonds is 1. The second-order valence-corrected chi connectivity index (χ2v) is 7.22. The van der Waals surface area contributed by atoms with E-state index in [2.05, 4.69) is 0 Å². The van der Waals surface area contributed by atoms with Crippen molar-refractivity contribution in [1.82, 2.24) is 9.80 Å². The van der Waals surface area contributed by atoms with Crippen LogP contribution < -0.4 is 0 Å². The molecule has 1 fully saturated rings. The average Bonchev–Trinajstić information content (AvgIpc) is 2.47. The van der Waals surface area contributed by atoms with Crippen LogP contribution in [0.15, 0.2) is 18.2 Å². The number of carbonyl (C=O) groups is 2. The first kappa shape index (κ1) is 18.1. The fourth-order valence-corrected chi connectivity index (χ4v) is 2.76. The van der Waals surface area contributed by atoms with Crippen molar-refractivity contribution < 1.29 is 19.4 Å². The maximum absolute atomic E-state index is 12.7. The number of carbonyl (C=O) groups excluding carboxylic acids is 2. The second-order valence-electron chi connectivity index (χ2n) is 7.22. The zero-order valence-electron chi connectivity index (χ0n) is 15.0. The number of phenolic OH excluding ortho intramolecular Hbond substituents is 1. The van der Waals surface area contributed by atoms with Crippen LogP contribution in [0.3, 0.4) is 0 Å². The van der Waals surface area contributed by atoms with Crippen molar-refractivity contribution in [2.24, 2.45) is 0 Å². The van der Waals surface area contributed by atoms with E-state index >= 15 is 0 Å². The molecule has 0 bridgehead atoms. The summed E-state index contributed by atoms with van der Waals surface area (Å²) in [7, 11) is 0. The minimum absolute atomic E-state index is 0.112. The van der Waals surface area contributed by atoms with Crippen molar-refractivity contribution in [3.05, 3.63) is 29.3 Å². The third kappa shape index (κ3) is 3.99. The summed E-state index contributed by atoms with van der Waals surface area (Å²) in [5.74, 6) is -0.0135. The molecule has 0 radical (unpaired) electrons. The van der Waals surface area contributed by atoms with Crippen molar-refractivity contribution in [1.29, 1.82) is 0 Å². The standard InChI is InChI=1S/C18H26N2O4/c1-12-11-19(9-10-20(12)17(23)24-18(3,4)5)16(22)14-7-6-8-15(21)13(14)2/h6-8,12,21H,9-11H2,1-5H3/t12-/m0/s1. The normalized spacial score (nSPS) is 18.5. The molecule has 132 valence electrons. The van der Waals surface area contributed by atoms with Gasteiger partial charge in [-0.05, 0) is 46.8 Å². The van der Waals surface area contributed by atoms with Crippen LogP contribution in [-0.4, -0.2) is 58.2 Å². The molecule has 1 atom stereocenters. The molecule has 1 aliphatic heterocycles. The third-order valence-electron chi connectivity index (χ3n) is 4.08. The van der Waals surface area contributed by atoms with Crippen molar-refractivity contribution >= 4 is 12.0 Å². The lowest BCUT2D eigenvalue weighted by atomic mass is 10.1. The Morgan fingerprint density at radius 3 is 2.50 bits per heavy atom. The molecule has 1 saturated heterocycles. The Labute approximate surface area is 143 Å². The van der Waals surface area contributed by atoms with Gasteiger partial charge in [0.2, 0.25) is 0 Å². The first-order valence-corrected chi connectivity index (χ1v) is 8.17. The number of hydrogen-bond acceptors (Lipinski definition) is 4. The van der Waals surface area contributed by atoms with E-state index in [-0.39, 0.29) is 23.8 Å². The predicted octanol–water partition coefficient (Wildman–Crippen LogP) is 2.78. The molecule has 1 aromatic carbocycles. The van der Waals surface area contributed by atoms with Crippen LogP contribution in [-0.2, 0) is 4.74 Å². The second kappa shape index (κ2) is 6.71. The van der Waals surface area contributed by atoms with Gasteiger partial charge in [0, 0.05) is 36.8 Å². The largest absolute Gasteiger partial charge is 0.508 e. The van der Waals surface area contributed by atoms with Gasteiger partial charge in [-0.1, -0.05) is 6.07 Å². The van der Waals surface area contributed by atoms with E-state index in [1.807, 2.05) is 27.7 Å². The zero-order valence-corrected chi connectivity index (χ0v) is 15.0. The third-order valence-corrected chi connectivity index (χ3v) is 4.08. The Morgan fingerprint density at radius 2 is 1.92 bits per heavy atom. The molecule has 6 heteroatoms. The highest BCUT2D eigenvalue weighted by molar-refractivity contribution is 5.96. The van der Waals surface area contributed by atoms with E-state index in [4.69, 9.17) is 4.74 Å². The van der Waals surface area contributed by atoms with Gasteiger partial charge in [0.1, 0.15) is 11.4 Å². The van der Waals surface area contributed by atoms with Gasteiger partial charge in [-0.25, -0.2) is 4.79 Å². The quantitative estimate of drug-likeness (QED) is 0.857. The molecule has 0 aliphatic carbocycles. The predicted molar refractivity (Wildman–Crippen MR) is 91.1 cm³/mol. The fraction of sp³-hybridized carbons (Fsp3) is 0.556. The van der Waals surface area contributed by atoms with Crippen LogP contribution in [0, 0.1) is 6.92 Å². The first-order chi connectivity index (χ1) is 11.1. The van der Waals surface area contributed by atoms with Crippen LogP contribution >= 0.6 is 0 Å². The van der Waals surface area contributed by atoms with E-state index in [1.165, 1.54) is 0 Å². The van der Waals surface area contributed by atoms with Crippen LogP contribution in [0.2, 0.25) is 0 Å². The number of piperazine rings is 1. The van der Waals surface area contributed by atoms with Crippen LogP contribution in [0.4, 0.5) is 4.79 Å². The van der Waals surface area contributed by atoms with E-state index in [9.17, 15) is 14.7 Å². The summed E-state index contributed by atoms with van der Waals surface area (Å²) in [6, 6.07) is 4.81. The number of aromatic hydroxyl groups is 1. The summed E-state index contributed by atoms with van der Waals surface area (Å²) in [6.07, 6.45) is -0.351. The maximum Gasteiger partial charge on any atom is 0.410 e. The topological polar surface area (TPSA) is 70.1 Å². The minimum atomic E-state index is -0.539. The van der Waals surface area contributed by atoms with Gasteiger partial charge in [0.25, 0.3) is 5.91 Å². The Kier molecular flexibility index (Phi) is 5.06. The first-order valence-electron chi connectivity index (χ1n) is 8.17. The number of phenols is 1. The van der Waals surface area contributed by atoms with E-state index in [0.717, 1.165) is 0 Å². The average molecular weight is 334 g/mol. The van der Waals surface area contributed by atoms with Gasteiger partial charge in [0.05, 0.1) is 0 Å². The molecule has 2 amide bonds. The lowest BCUT2D eigenvalue weighted by Crippen LogP contribution is -2.56. The van der Waals surface area contributed by atoms with Gasteiger partial charge < -0.3 is 19.6 Å². The molecular formula is C18H26N2O4. The number of amides is 2. The number of nitrogens with zero attached hydrogens (tertiary/aromatic N) is 2. The Bertz CT molecular complexity index is 636. The van der Waals surface area contributed by atoms with Crippen LogP contribution in [0.25, 0.3) is 0 Å². The summed E-state index contributed by atoms with van der Waals surface area (Å²) in [5.41, 5.74) is 0.528. The minimum Gasteiger partial charge on any atom is -0.508 e. The number of hydrogen-bond donors (Lipinski definition) is 1. The molecule has 2 rings (SSSR count). The van der Waals surface area contributed by atoms with Gasteiger partial charge in [-0.3, -0.25) is 4.79 Å². The van der Waals surface area contributed by atoms with E-state index < -0.39 is 5.60 Å².